The Hall–Kier alpha value is -3.11. The molecule has 5 rings (SSSR count). The molecule has 0 N–H and O–H groups in total. The topological polar surface area (TPSA) is 0 Å². The molecule has 0 unspecified atom stereocenters. The molecule has 0 spiro atoms. The monoisotopic (exact) mass is 628 g/mol. The first-order chi connectivity index (χ1) is 18.8. The molecule has 0 saturated heterocycles. The van der Waals surface area contributed by atoms with E-state index in [1.54, 1.807) is 0 Å². The number of allylic oxidation sites excluding steroid dienone is 4. The second-order valence-corrected chi connectivity index (χ2v) is 11.5. The summed E-state index contributed by atoms with van der Waals surface area (Å²) in [4.78, 5) is 0. The van der Waals surface area contributed by atoms with Gasteiger partial charge >= 0.3 is 33.0 Å². The molecule has 0 bridgehead atoms. The Labute approximate surface area is 248 Å². The van der Waals surface area contributed by atoms with Gasteiger partial charge in [0.1, 0.15) is 0 Å². The average Bonchev–Trinajstić information content (AvgIpc) is 3.50. The second-order valence-electron chi connectivity index (χ2n) is 9.55. The second kappa shape index (κ2) is 14.2. The Bertz CT molecular complexity index is 1240. The average molecular weight is 628 g/mol. The third-order valence-electron chi connectivity index (χ3n) is 6.10. The maximum absolute atomic E-state index is 10.7. The van der Waals surface area contributed by atoms with Crippen LogP contribution in [0.1, 0.15) is 22.3 Å². The molecule has 0 fully saturated rings. The molecule has 8 heteroatoms. The van der Waals surface area contributed by atoms with Crippen molar-refractivity contribution in [1.82, 2.24) is 0 Å². The van der Waals surface area contributed by atoms with E-state index >= 15 is 0 Å². The van der Waals surface area contributed by atoms with Crippen LogP contribution in [0.4, 0.5) is 25.2 Å². The van der Waals surface area contributed by atoms with Crippen LogP contribution in [-0.2, 0) is 41.7 Å². The predicted molar refractivity (Wildman–Crippen MR) is 155 cm³/mol. The standard InChI is InChI=1S/C28H26.C5H5.F6P.Fe/c1-5-13-24(14-6-1)21-28(27-19-11-4-12-20-27,22-25-15-7-2-8-16-25)23-26-17-9-3-10-18-26;1-2-4-5-3-1;1-7(2,3,4,5)6;/h1-20H,21-23H2;1-5H;;/q;;-1;. The van der Waals surface area contributed by atoms with Crippen molar-refractivity contribution in [2.24, 2.45) is 0 Å². The minimum atomic E-state index is -10.7. The first-order valence-electron chi connectivity index (χ1n) is 12.7. The molecule has 0 heterocycles. The van der Waals surface area contributed by atoms with E-state index < -0.39 is 7.81 Å². The van der Waals surface area contributed by atoms with Gasteiger partial charge in [-0.15, -0.1) is 0 Å². The summed E-state index contributed by atoms with van der Waals surface area (Å²) in [5.41, 5.74) is 5.58. The first kappa shape index (κ1) is 34.1. The predicted octanol–water partition coefficient (Wildman–Crippen LogP) is 11.3. The summed E-state index contributed by atoms with van der Waals surface area (Å²) in [6.45, 7) is 0. The van der Waals surface area contributed by atoms with Gasteiger partial charge in [-0.2, -0.15) is 0 Å². The molecule has 0 saturated carbocycles. The summed E-state index contributed by atoms with van der Waals surface area (Å²) in [6, 6.07) is 43.8. The maximum Gasteiger partial charge on any atom is 0.00739 e. The fraction of sp³-hybridized carbons (Fsp3) is 0.121. The molecule has 1 aliphatic rings. The number of rotatable bonds is 7. The number of hydrogen-bond donors (Lipinski definition) is 0. The van der Waals surface area contributed by atoms with Crippen molar-refractivity contribution in [3.05, 3.63) is 174 Å². The third kappa shape index (κ3) is 14.9. The Kier molecular flexibility index (Phi) is 11.8. The summed E-state index contributed by atoms with van der Waals surface area (Å²) in [7, 11) is -10.7. The van der Waals surface area contributed by atoms with Crippen LogP contribution in [0.25, 0.3) is 0 Å². The van der Waals surface area contributed by atoms with Crippen LogP contribution in [0.5, 0.6) is 0 Å². The largest absolute Gasteiger partial charge is 0.0767 e. The van der Waals surface area contributed by atoms with E-state index in [1.165, 1.54) is 22.3 Å². The van der Waals surface area contributed by atoms with E-state index in [-0.39, 0.29) is 22.5 Å². The number of benzene rings is 4. The van der Waals surface area contributed by atoms with Gasteiger partial charge in [0, 0.05) is 28.9 Å². The van der Waals surface area contributed by atoms with E-state index in [2.05, 4.69) is 121 Å². The molecule has 4 aromatic carbocycles. The quantitative estimate of drug-likeness (QED) is 0.109. The fourth-order valence-electron chi connectivity index (χ4n) is 4.57. The van der Waals surface area contributed by atoms with Crippen LogP contribution in [-0.4, -0.2) is 0 Å². The van der Waals surface area contributed by atoms with Gasteiger partial charge in [-0.05, 0) is 41.5 Å². The zero-order valence-corrected chi connectivity index (χ0v) is 24.1. The van der Waals surface area contributed by atoms with Crippen molar-refractivity contribution in [3.8, 4) is 0 Å². The maximum atomic E-state index is 9.87. The minimum absolute atomic E-state index is 0. The van der Waals surface area contributed by atoms with Gasteiger partial charge < -0.3 is 0 Å². The minimum Gasteiger partial charge on any atom is -0.0767 e. The Morgan fingerprint density at radius 2 is 0.683 bits per heavy atom. The Morgan fingerprint density at radius 1 is 0.415 bits per heavy atom. The zero-order valence-electron chi connectivity index (χ0n) is 22.1. The Morgan fingerprint density at radius 3 is 0.927 bits per heavy atom. The summed E-state index contributed by atoms with van der Waals surface area (Å²) >= 11 is 0. The van der Waals surface area contributed by atoms with E-state index in [0.29, 0.717) is 0 Å². The Balaban J connectivity index is 0.000000378. The molecule has 219 valence electrons. The van der Waals surface area contributed by atoms with Crippen molar-refractivity contribution >= 4 is 7.81 Å². The van der Waals surface area contributed by atoms with Crippen molar-refractivity contribution in [1.29, 1.82) is 0 Å². The fourth-order valence-corrected chi connectivity index (χ4v) is 4.57. The smallest absolute Gasteiger partial charge is 0.00739 e. The van der Waals surface area contributed by atoms with Crippen LogP contribution < -0.4 is 0 Å². The van der Waals surface area contributed by atoms with Crippen molar-refractivity contribution in [2.75, 3.05) is 0 Å². The molecule has 1 aliphatic carbocycles. The van der Waals surface area contributed by atoms with Crippen LogP contribution >= 0.6 is 7.81 Å². The molecule has 0 atom stereocenters. The zero-order chi connectivity index (χ0) is 29.0. The number of halogens is 6. The number of hydrogen-bond acceptors (Lipinski definition) is 0. The molecule has 0 amide bonds. The summed E-state index contributed by atoms with van der Waals surface area (Å²) in [6.07, 6.45) is 13.0. The van der Waals surface area contributed by atoms with E-state index in [1.807, 2.05) is 30.7 Å². The normalized spacial score (nSPS) is 13.8. The molecular weight excluding hydrogens is 597 g/mol. The van der Waals surface area contributed by atoms with Crippen LogP contribution in [0.3, 0.4) is 0 Å². The van der Waals surface area contributed by atoms with Crippen molar-refractivity contribution < 1.29 is 42.3 Å². The third-order valence-corrected chi connectivity index (χ3v) is 6.10. The molecular formula is C33H31F6FeP-. The van der Waals surface area contributed by atoms with Crippen LogP contribution in [0.2, 0.25) is 0 Å². The van der Waals surface area contributed by atoms with Crippen LogP contribution in [0.15, 0.2) is 146 Å². The van der Waals surface area contributed by atoms with Gasteiger partial charge in [0.15, 0.2) is 0 Å². The van der Waals surface area contributed by atoms with E-state index in [9.17, 15) is 25.2 Å². The van der Waals surface area contributed by atoms with Gasteiger partial charge in [0.25, 0.3) is 0 Å². The molecule has 0 nitrogen and oxygen atoms in total. The van der Waals surface area contributed by atoms with Gasteiger partial charge in [-0.25, -0.2) is 0 Å². The van der Waals surface area contributed by atoms with Gasteiger partial charge in [0.05, 0.1) is 0 Å². The SMILES string of the molecule is F[P-](F)(F)(F)(F)F.[CH]1C=CC=C1.[Fe].c1ccc(CC(Cc2ccccc2)(Cc2ccccc2)c2ccccc2)cc1. The molecule has 4 aromatic rings. The summed E-state index contributed by atoms with van der Waals surface area (Å²) < 4.78 is 59.2. The molecule has 0 aromatic heterocycles. The van der Waals surface area contributed by atoms with Gasteiger partial charge in [-0.3, -0.25) is 0 Å². The van der Waals surface area contributed by atoms with E-state index in [0.717, 1.165) is 19.3 Å². The van der Waals surface area contributed by atoms with Crippen LogP contribution in [0, 0.1) is 6.42 Å². The van der Waals surface area contributed by atoms with E-state index in [4.69, 9.17) is 0 Å². The van der Waals surface area contributed by atoms with Crippen molar-refractivity contribution in [2.45, 2.75) is 24.7 Å². The van der Waals surface area contributed by atoms with Gasteiger partial charge in [-0.1, -0.05) is 146 Å². The molecule has 0 aliphatic heterocycles. The molecule has 1 radical (unpaired) electrons. The van der Waals surface area contributed by atoms with Gasteiger partial charge in [0.2, 0.25) is 0 Å². The summed E-state index contributed by atoms with van der Waals surface area (Å²) in [5.74, 6) is 0. The molecule has 41 heavy (non-hydrogen) atoms. The van der Waals surface area contributed by atoms with Crippen molar-refractivity contribution in [3.63, 3.8) is 0 Å². The summed E-state index contributed by atoms with van der Waals surface area (Å²) in [5, 5.41) is 0. The first-order valence-corrected chi connectivity index (χ1v) is 14.7.